The summed E-state index contributed by atoms with van der Waals surface area (Å²) in [5.41, 5.74) is 6.68. The van der Waals surface area contributed by atoms with E-state index in [4.69, 9.17) is 5.73 Å². The number of rotatable bonds is 5. The van der Waals surface area contributed by atoms with Gasteiger partial charge in [-0.1, -0.05) is 31.4 Å². The van der Waals surface area contributed by atoms with Crippen molar-refractivity contribution in [1.82, 2.24) is 10.2 Å². The number of nitrogens with one attached hydrogen (secondary N) is 1. The Hall–Kier alpha value is -2.04. The van der Waals surface area contributed by atoms with Crippen LogP contribution in [0.2, 0.25) is 0 Å². The molecule has 0 aliphatic heterocycles. The largest absolute Gasteiger partial charge is 0.352 e. The molecule has 0 bridgehead atoms. The fraction of sp³-hybridized carbons (Fsp3) is 0.529. The molecule has 22 heavy (non-hydrogen) atoms. The van der Waals surface area contributed by atoms with E-state index in [0.717, 1.165) is 24.9 Å². The summed E-state index contributed by atoms with van der Waals surface area (Å²) >= 11 is 0. The summed E-state index contributed by atoms with van der Waals surface area (Å²) in [6.45, 7) is 3.16. The second kappa shape index (κ2) is 7.82. The van der Waals surface area contributed by atoms with Gasteiger partial charge in [-0.15, -0.1) is 0 Å². The highest BCUT2D eigenvalue weighted by Gasteiger charge is 2.24. The number of nitrogens with two attached hydrogens (primary N) is 1. The molecule has 2 rings (SSSR count). The third kappa shape index (κ3) is 4.23. The number of primary amides is 1. The minimum atomic E-state index is -0.547. The van der Waals surface area contributed by atoms with E-state index in [-0.39, 0.29) is 5.91 Å². The van der Waals surface area contributed by atoms with Crippen molar-refractivity contribution in [1.29, 1.82) is 0 Å². The number of urea groups is 1. The van der Waals surface area contributed by atoms with E-state index in [1.54, 1.807) is 0 Å². The minimum Gasteiger partial charge on any atom is -0.352 e. The first-order valence-corrected chi connectivity index (χ1v) is 8.05. The van der Waals surface area contributed by atoms with E-state index in [1.165, 1.54) is 19.3 Å². The minimum absolute atomic E-state index is 0.101. The summed E-state index contributed by atoms with van der Waals surface area (Å²) in [6.07, 6.45) is 5.93. The van der Waals surface area contributed by atoms with Crippen molar-refractivity contribution in [3.05, 3.63) is 35.4 Å². The number of nitrogens with zero attached hydrogens (tertiary/aromatic N) is 1. The zero-order valence-electron chi connectivity index (χ0n) is 13.2. The van der Waals surface area contributed by atoms with Crippen molar-refractivity contribution in [2.24, 2.45) is 5.73 Å². The molecule has 0 atom stereocenters. The Bertz CT molecular complexity index is 507. The van der Waals surface area contributed by atoms with Crippen LogP contribution < -0.4 is 11.1 Å². The second-order valence-corrected chi connectivity index (χ2v) is 5.80. The fourth-order valence-corrected chi connectivity index (χ4v) is 3.08. The molecule has 120 valence electrons. The molecule has 1 fully saturated rings. The lowest BCUT2D eigenvalue weighted by Gasteiger charge is -2.33. The van der Waals surface area contributed by atoms with Crippen LogP contribution in [-0.2, 0) is 6.54 Å². The van der Waals surface area contributed by atoms with Gasteiger partial charge in [0.15, 0.2) is 0 Å². The van der Waals surface area contributed by atoms with Crippen LogP contribution in [0.5, 0.6) is 0 Å². The maximum atomic E-state index is 12.7. The predicted octanol–water partition coefficient (Wildman–Crippen LogP) is 2.65. The summed E-state index contributed by atoms with van der Waals surface area (Å²) in [6, 6.07) is 7.20. The smallest absolute Gasteiger partial charge is 0.312 e. The lowest BCUT2D eigenvalue weighted by Crippen LogP contribution is -2.41. The van der Waals surface area contributed by atoms with Crippen LogP contribution in [-0.4, -0.2) is 29.4 Å². The van der Waals surface area contributed by atoms with Crippen molar-refractivity contribution >= 4 is 11.9 Å². The van der Waals surface area contributed by atoms with Crippen LogP contribution in [0.1, 0.15) is 54.9 Å². The van der Waals surface area contributed by atoms with Gasteiger partial charge in [0.2, 0.25) is 0 Å². The number of carbonyl (C=O) groups is 2. The van der Waals surface area contributed by atoms with Crippen LogP contribution in [0.3, 0.4) is 0 Å². The van der Waals surface area contributed by atoms with Crippen LogP contribution in [0, 0.1) is 0 Å². The first-order valence-electron chi connectivity index (χ1n) is 8.05. The number of carbonyl (C=O) groups excluding carboxylic acids is 2. The molecule has 1 aromatic rings. The molecule has 1 aliphatic rings. The van der Waals surface area contributed by atoms with Gasteiger partial charge in [-0.2, -0.15) is 0 Å². The lowest BCUT2D eigenvalue weighted by atomic mass is 9.93. The van der Waals surface area contributed by atoms with Gasteiger partial charge in [-0.05, 0) is 37.5 Å². The zero-order chi connectivity index (χ0) is 15.9. The maximum absolute atomic E-state index is 12.7. The van der Waals surface area contributed by atoms with Crippen molar-refractivity contribution in [2.75, 3.05) is 6.54 Å². The van der Waals surface area contributed by atoms with E-state index in [0.29, 0.717) is 18.2 Å². The van der Waals surface area contributed by atoms with Gasteiger partial charge in [0.25, 0.3) is 5.91 Å². The van der Waals surface area contributed by atoms with Crippen LogP contribution in [0.25, 0.3) is 0 Å². The van der Waals surface area contributed by atoms with Crippen molar-refractivity contribution in [3.63, 3.8) is 0 Å². The molecule has 5 heteroatoms. The van der Waals surface area contributed by atoms with Crippen LogP contribution in [0.4, 0.5) is 4.79 Å². The van der Waals surface area contributed by atoms with E-state index >= 15 is 0 Å². The topological polar surface area (TPSA) is 75.4 Å². The Labute approximate surface area is 131 Å². The molecule has 3 N–H and O–H groups in total. The molecule has 1 aromatic carbocycles. The molecule has 1 saturated carbocycles. The number of hydrogen-bond donors (Lipinski definition) is 2. The lowest BCUT2D eigenvalue weighted by molar-refractivity contribution is 0.0648. The van der Waals surface area contributed by atoms with Gasteiger partial charge in [-0.3, -0.25) is 4.79 Å². The SMILES string of the molecule is CCN(C(=O)c1ccc(CNC(N)=O)cc1)C1CCCCC1. The Kier molecular flexibility index (Phi) is 5.81. The number of amides is 3. The van der Waals surface area contributed by atoms with Gasteiger partial charge < -0.3 is 16.0 Å². The first kappa shape index (κ1) is 16.3. The number of benzene rings is 1. The summed E-state index contributed by atoms with van der Waals surface area (Å²) in [7, 11) is 0. The maximum Gasteiger partial charge on any atom is 0.312 e. The summed E-state index contributed by atoms with van der Waals surface area (Å²) in [5, 5.41) is 2.54. The van der Waals surface area contributed by atoms with Crippen LogP contribution in [0.15, 0.2) is 24.3 Å². The highest BCUT2D eigenvalue weighted by molar-refractivity contribution is 5.94. The first-order chi connectivity index (χ1) is 10.6. The van der Waals surface area contributed by atoms with Gasteiger partial charge in [0, 0.05) is 24.7 Å². The Morgan fingerprint density at radius 1 is 1.18 bits per heavy atom. The molecular weight excluding hydrogens is 278 g/mol. The molecular formula is C17H25N3O2. The van der Waals surface area contributed by atoms with Gasteiger partial charge in [-0.25, -0.2) is 4.79 Å². The average molecular weight is 303 g/mol. The predicted molar refractivity (Wildman–Crippen MR) is 86.4 cm³/mol. The van der Waals surface area contributed by atoms with Crippen molar-refractivity contribution in [3.8, 4) is 0 Å². The van der Waals surface area contributed by atoms with E-state index < -0.39 is 6.03 Å². The van der Waals surface area contributed by atoms with Crippen LogP contribution >= 0.6 is 0 Å². The molecule has 0 saturated heterocycles. The van der Waals surface area contributed by atoms with E-state index in [1.807, 2.05) is 36.1 Å². The van der Waals surface area contributed by atoms with Gasteiger partial charge in [0.05, 0.1) is 0 Å². The monoisotopic (exact) mass is 303 g/mol. The average Bonchev–Trinajstić information content (AvgIpc) is 2.55. The fourth-order valence-electron chi connectivity index (χ4n) is 3.08. The van der Waals surface area contributed by atoms with Crippen molar-refractivity contribution in [2.45, 2.75) is 51.6 Å². The van der Waals surface area contributed by atoms with E-state index in [2.05, 4.69) is 5.32 Å². The Morgan fingerprint density at radius 3 is 2.36 bits per heavy atom. The quantitative estimate of drug-likeness (QED) is 0.877. The molecule has 1 aliphatic carbocycles. The molecule has 3 amide bonds. The third-order valence-electron chi connectivity index (χ3n) is 4.28. The number of hydrogen-bond acceptors (Lipinski definition) is 2. The Morgan fingerprint density at radius 2 is 1.82 bits per heavy atom. The molecule has 0 spiro atoms. The second-order valence-electron chi connectivity index (χ2n) is 5.80. The third-order valence-corrected chi connectivity index (χ3v) is 4.28. The molecule has 5 nitrogen and oxygen atoms in total. The zero-order valence-corrected chi connectivity index (χ0v) is 13.2. The Balaban J connectivity index is 2.02. The molecule has 0 unspecified atom stereocenters. The normalized spacial score (nSPS) is 15.3. The molecule has 0 heterocycles. The van der Waals surface area contributed by atoms with E-state index in [9.17, 15) is 9.59 Å². The van der Waals surface area contributed by atoms with Gasteiger partial charge in [0.1, 0.15) is 0 Å². The highest BCUT2D eigenvalue weighted by atomic mass is 16.2. The molecule has 0 aromatic heterocycles. The standard InChI is InChI=1S/C17H25N3O2/c1-2-20(15-6-4-3-5-7-15)16(21)14-10-8-13(9-11-14)12-19-17(18)22/h8-11,15H,2-7,12H2,1H3,(H3,18,19,22). The molecule has 0 radical (unpaired) electrons. The van der Waals surface area contributed by atoms with Crippen molar-refractivity contribution < 1.29 is 9.59 Å². The highest BCUT2D eigenvalue weighted by Crippen LogP contribution is 2.24. The summed E-state index contributed by atoms with van der Waals surface area (Å²) < 4.78 is 0. The summed E-state index contributed by atoms with van der Waals surface area (Å²) in [5.74, 6) is 0.101. The summed E-state index contributed by atoms with van der Waals surface area (Å²) in [4.78, 5) is 25.4. The van der Waals surface area contributed by atoms with Gasteiger partial charge >= 0.3 is 6.03 Å².